The summed E-state index contributed by atoms with van der Waals surface area (Å²) in [6, 6.07) is 7.72. The number of halogens is 1. The summed E-state index contributed by atoms with van der Waals surface area (Å²) < 4.78 is 5.91. The average Bonchev–Trinajstić information content (AvgIpc) is 2.40. The van der Waals surface area contributed by atoms with Crippen LogP contribution in [0.3, 0.4) is 0 Å². The topological polar surface area (TPSA) is 122 Å². The first-order chi connectivity index (χ1) is 9.86. The van der Waals surface area contributed by atoms with E-state index in [9.17, 15) is 20.2 Å². The number of non-ortho nitro benzene ring substituents is 2. The van der Waals surface area contributed by atoms with E-state index >= 15 is 0 Å². The van der Waals surface area contributed by atoms with Gasteiger partial charge >= 0.3 is 0 Å². The standard InChI is InChI=1S/C12H8BrN3O5/c13-11-2-1-8(15(17)18)6-12(11)21-10-4-7(14)3-9(5-10)16(19)20/h1-6H,14H2. The fraction of sp³-hybridized carbons (Fsp3) is 0. The third kappa shape index (κ3) is 3.45. The van der Waals surface area contributed by atoms with Crippen molar-refractivity contribution >= 4 is 33.0 Å². The average molecular weight is 354 g/mol. The zero-order valence-corrected chi connectivity index (χ0v) is 11.9. The van der Waals surface area contributed by atoms with E-state index in [0.29, 0.717) is 4.47 Å². The molecule has 0 saturated carbocycles. The predicted molar refractivity (Wildman–Crippen MR) is 78.4 cm³/mol. The van der Waals surface area contributed by atoms with Gasteiger partial charge in [-0.25, -0.2) is 0 Å². The first kappa shape index (κ1) is 14.7. The van der Waals surface area contributed by atoms with Crippen molar-refractivity contribution < 1.29 is 14.6 Å². The van der Waals surface area contributed by atoms with Gasteiger partial charge in [0.25, 0.3) is 11.4 Å². The van der Waals surface area contributed by atoms with Gasteiger partial charge < -0.3 is 10.5 Å². The van der Waals surface area contributed by atoms with Gasteiger partial charge in [0.1, 0.15) is 11.5 Å². The highest BCUT2D eigenvalue weighted by molar-refractivity contribution is 9.10. The Balaban J connectivity index is 2.40. The van der Waals surface area contributed by atoms with Crippen molar-refractivity contribution in [1.29, 1.82) is 0 Å². The summed E-state index contributed by atoms with van der Waals surface area (Å²) in [6.07, 6.45) is 0. The molecule has 2 aromatic carbocycles. The number of nitrogens with zero attached hydrogens (tertiary/aromatic N) is 2. The molecular formula is C12H8BrN3O5. The van der Waals surface area contributed by atoms with E-state index in [1.54, 1.807) is 0 Å². The SMILES string of the molecule is Nc1cc(Oc2cc([N+](=O)[O-])ccc2Br)cc([N+](=O)[O-])c1. The number of hydrogen-bond acceptors (Lipinski definition) is 6. The van der Waals surface area contributed by atoms with E-state index in [0.717, 1.165) is 0 Å². The summed E-state index contributed by atoms with van der Waals surface area (Å²) >= 11 is 3.19. The largest absolute Gasteiger partial charge is 0.456 e. The molecule has 0 aliphatic carbocycles. The molecule has 0 atom stereocenters. The Labute approximate surface area is 126 Å². The second-order valence-corrected chi connectivity index (χ2v) is 4.85. The number of nitrogens with two attached hydrogens (primary N) is 1. The van der Waals surface area contributed by atoms with Crippen LogP contribution in [-0.2, 0) is 0 Å². The number of rotatable bonds is 4. The zero-order valence-electron chi connectivity index (χ0n) is 10.4. The van der Waals surface area contributed by atoms with Crippen LogP contribution < -0.4 is 10.5 Å². The Hall–Kier alpha value is -2.68. The van der Waals surface area contributed by atoms with Gasteiger partial charge in [-0.1, -0.05) is 0 Å². The molecule has 0 unspecified atom stereocenters. The fourth-order valence-electron chi connectivity index (χ4n) is 1.58. The van der Waals surface area contributed by atoms with Gasteiger partial charge in [0, 0.05) is 23.9 Å². The summed E-state index contributed by atoms with van der Waals surface area (Å²) in [5, 5.41) is 21.5. The summed E-state index contributed by atoms with van der Waals surface area (Å²) in [4.78, 5) is 20.3. The minimum Gasteiger partial charge on any atom is -0.456 e. The van der Waals surface area contributed by atoms with Crippen LogP contribution in [0.4, 0.5) is 17.1 Å². The van der Waals surface area contributed by atoms with Crippen LogP contribution >= 0.6 is 15.9 Å². The van der Waals surface area contributed by atoms with Gasteiger partial charge in [-0.3, -0.25) is 20.2 Å². The van der Waals surface area contributed by atoms with Crippen LogP contribution in [-0.4, -0.2) is 9.85 Å². The number of ether oxygens (including phenoxy) is 1. The maximum absolute atomic E-state index is 10.8. The number of benzene rings is 2. The van der Waals surface area contributed by atoms with Crippen LogP contribution in [0.5, 0.6) is 11.5 Å². The Kier molecular flexibility index (Phi) is 4.03. The van der Waals surface area contributed by atoms with Gasteiger partial charge in [-0.05, 0) is 22.0 Å². The van der Waals surface area contributed by atoms with Crippen molar-refractivity contribution in [3.05, 3.63) is 61.1 Å². The number of nitro benzene ring substituents is 2. The Morgan fingerprint density at radius 3 is 2.29 bits per heavy atom. The molecule has 0 aliphatic heterocycles. The summed E-state index contributed by atoms with van der Waals surface area (Å²) in [7, 11) is 0. The molecule has 2 rings (SSSR count). The maximum atomic E-state index is 10.8. The predicted octanol–water partition coefficient (Wildman–Crippen LogP) is 3.64. The number of hydrogen-bond donors (Lipinski definition) is 1. The van der Waals surface area contributed by atoms with Crippen molar-refractivity contribution in [1.82, 2.24) is 0 Å². The monoisotopic (exact) mass is 353 g/mol. The lowest BCUT2D eigenvalue weighted by atomic mass is 10.2. The number of anilines is 1. The lowest BCUT2D eigenvalue weighted by Crippen LogP contribution is -1.94. The molecule has 0 bridgehead atoms. The zero-order chi connectivity index (χ0) is 15.6. The maximum Gasteiger partial charge on any atom is 0.275 e. The third-order valence-corrected chi connectivity index (χ3v) is 3.13. The van der Waals surface area contributed by atoms with Crippen LogP contribution in [0.15, 0.2) is 40.9 Å². The second-order valence-electron chi connectivity index (χ2n) is 3.99. The minimum absolute atomic E-state index is 0.114. The highest BCUT2D eigenvalue weighted by Crippen LogP contribution is 2.35. The van der Waals surface area contributed by atoms with Gasteiger partial charge in [-0.15, -0.1) is 0 Å². The second kappa shape index (κ2) is 5.75. The van der Waals surface area contributed by atoms with Crippen LogP contribution in [0.25, 0.3) is 0 Å². The quantitative estimate of drug-likeness (QED) is 0.508. The third-order valence-electron chi connectivity index (χ3n) is 2.48. The Morgan fingerprint density at radius 2 is 1.67 bits per heavy atom. The molecule has 8 nitrogen and oxygen atoms in total. The molecule has 0 aliphatic rings. The Morgan fingerprint density at radius 1 is 1.00 bits per heavy atom. The van der Waals surface area contributed by atoms with Crippen LogP contribution in [0, 0.1) is 20.2 Å². The molecule has 2 aromatic rings. The van der Waals surface area contributed by atoms with Crippen LogP contribution in [0.1, 0.15) is 0 Å². The first-order valence-corrected chi connectivity index (χ1v) is 6.33. The van der Waals surface area contributed by atoms with E-state index in [2.05, 4.69) is 15.9 Å². The molecule has 0 aromatic heterocycles. The number of nitrogen functional groups attached to an aromatic ring is 1. The molecule has 0 heterocycles. The highest BCUT2D eigenvalue weighted by atomic mass is 79.9. The van der Waals surface area contributed by atoms with Crippen LogP contribution in [0.2, 0.25) is 0 Å². The van der Waals surface area contributed by atoms with Crippen molar-refractivity contribution in [2.24, 2.45) is 0 Å². The van der Waals surface area contributed by atoms with E-state index in [-0.39, 0.29) is 28.6 Å². The molecular weight excluding hydrogens is 346 g/mol. The Bertz CT molecular complexity index is 735. The van der Waals surface area contributed by atoms with Crippen molar-refractivity contribution in [2.45, 2.75) is 0 Å². The van der Waals surface area contributed by atoms with Crippen molar-refractivity contribution in [3.63, 3.8) is 0 Å². The molecule has 0 spiro atoms. The smallest absolute Gasteiger partial charge is 0.275 e. The molecule has 0 saturated heterocycles. The molecule has 0 radical (unpaired) electrons. The van der Waals surface area contributed by atoms with E-state index in [4.69, 9.17) is 10.5 Å². The van der Waals surface area contributed by atoms with Crippen molar-refractivity contribution in [3.8, 4) is 11.5 Å². The summed E-state index contributed by atoms with van der Waals surface area (Å²) in [6.45, 7) is 0. The fourth-order valence-corrected chi connectivity index (χ4v) is 1.91. The van der Waals surface area contributed by atoms with E-state index < -0.39 is 9.85 Å². The molecule has 9 heteroatoms. The molecule has 0 fully saturated rings. The normalized spacial score (nSPS) is 10.1. The number of nitro groups is 2. The molecule has 2 N–H and O–H groups in total. The van der Waals surface area contributed by atoms with Gasteiger partial charge in [0.2, 0.25) is 0 Å². The van der Waals surface area contributed by atoms with E-state index in [1.807, 2.05) is 0 Å². The molecule has 108 valence electrons. The first-order valence-electron chi connectivity index (χ1n) is 5.53. The minimum atomic E-state index is -0.605. The van der Waals surface area contributed by atoms with Crippen molar-refractivity contribution in [2.75, 3.05) is 5.73 Å². The lowest BCUT2D eigenvalue weighted by Gasteiger charge is -2.08. The molecule has 0 amide bonds. The highest BCUT2D eigenvalue weighted by Gasteiger charge is 2.14. The summed E-state index contributed by atoms with van der Waals surface area (Å²) in [5.74, 6) is 0.270. The lowest BCUT2D eigenvalue weighted by molar-refractivity contribution is -0.384. The van der Waals surface area contributed by atoms with Gasteiger partial charge in [0.05, 0.1) is 26.5 Å². The molecule has 21 heavy (non-hydrogen) atoms. The van der Waals surface area contributed by atoms with Gasteiger partial charge in [-0.2, -0.15) is 0 Å². The van der Waals surface area contributed by atoms with E-state index in [1.165, 1.54) is 36.4 Å². The summed E-state index contributed by atoms with van der Waals surface area (Å²) in [5.41, 5.74) is 5.33. The van der Waals surface area contributed by atoms with Gasteiger partial charge in [0.15, 0.2) is 0 Å².